The lowest BCUT2D eigenvalue weighted by molar-refractivity contribution is -0.117. The van der Waals surface area contributed by atoms with E-state index in [0.717, 1.165) is 0 Å². The summed E-state index contributed by atoms with van der Waals surface area (Å²) in [5, 5.41) is 0. The Morgan fingerprint density at radius 2 is 2.50 bits per heavy atom. The maximum atomic E-state index is 10.3. The largest absolute Gasteiger partial charge is 0.481 e. The third-order valence-corrected chi connectivity index (χ3v) is 0.853. The quantitative estimate of drug-likeness (QED) is 0.582. The fourth-order valence-corrected chi connectivity index (χ4v) is 0.462. The van der Waals surface area contributed by atoms with Crippen molar-refractivity contribution in [1.29, 1.82) is 0 Å². The molecule has 0 unspecified atom stereocenters. The number of carbonyl (C=O) groups excluding carboxylic acids is 1. The van der Waals surface area contributed by atoms with E-state index < -0.39 is 5.91 Å². The van der Waals surface area contributed by atoms with Crippen molar-refractivity contribution in [3.05, 3.63) is 12.0 Å². The van der Waals surface area contributed by atoms with Crippen molar-refractivity contribution >= 4 is 24.5 Å². The van der Waals surface area contributed by atoms with Gasteiger partial charge in [0.25, 0.3) is 5.91 Å². The van der Waals surface area contributed by atoms with Crippen molar-refractivity contribution in [2.75, 3.05) is 6.61 Å². The van der Waals surface area contributed by atoms with Crippen molar-refractivity contribution in [2.45, 2.75) is 0 Å². The van der Waals surface area contributed by atoms with E-state index in [-0.39, 0.29) is 18.2 Å². The van der Waals surface area contributed by atoms with Crippen LogP contribution in [-0.2, 0) is 9.53 Å². The molecule has 4 nitrogen and oxygen atoms in total. The van der Waals surface area contributed by atoms with Crippen LogP contribution in [0.5, 0.6) is 0 Å². The van der Waals surface area contributed by atoms with Crippen LogP contribution in [0.1, 0.15) is 0 Å². The summed E-state index contributed by atoms with van der Waals surface area (Å²) in [6.45, 7) is 0.328. The first-order chi connectivity index (χ1) is 4.30. The highest BCUT2D eigenvalue weighted by Gasteiger charge is 2.05. The summed E-state index contributed by atoms with van der Waals surface area (Å²) in [6.07, 6.45) is 2.85. The van der Waals surface area contributed by atoms with Gasteiger partial charge in [0, 0.05) is 6.21 Å². The Hall–Kier alpha value is -1.03. The number of aliphatic imine (C=N–C) groups is 1. The molecule has 0 spiro atoms. The van der Waals surface area contributed by atoms with Crippen LogP contribution in [0.25, 0.3) is 0 Å². The Labute approximate surface area is 64.2 Å². The van der Waals surface area contributed by atoms with Gasteiger partial charge >= 0.3 is 0 Å². The van der Waals surface area contributed by atoms with Gasteiger partial charge in [-0.25, -0.2) is 0 Å². The first-order valence-electron chi connectivity index (χ1n) is 2.45. The summed E-state index contributed by atoms with van der Waals surface area (Å²) in [4.78, 5) is 14.0. The molecule has 0 atom stereocenters. The molecule has 0 saturated carbocycles. The molecule has 0 aromatic carbocycles. The number of ether oxygens (including phenoxy) is 1. The minimum atomic E-state index is -0.577. The van der Waals surface area contributed by atoms with Gasteiger partial charge < -0.3 is 10.5 Å². The van der Waals surface area contributed by atoms with Crippen LogP contribution in [0.3, 0.4) is 0 Å². The molecule has 0 fully saturated rings. The molecule has 1 amide bonds. The number of primary amides is 1. The van der Waals surface area contributed by atoms with Gasteiger partial charge in [-0.2, -0.15) is 0 Å². The second-order valence-corrected chi connectivity index (χ2v) is 1.50. The number of halogens is 1. The molecule has 1 heterocycles. The van der Waals surface area contributed by atoms with Crippen molar-refractivity contribution < 1.29 is 9.53 Å². The number of carbonyl (C=O) groups is 1. The van der Waals surface area contributed by atoms with E-state index in [2.05, 4.69) is 4.99 Å². The van der Waals surface area contributed by atoms with Crippen molar-refractivity contribution in [2.24, 2.45) is 10.7 Å². The third-order valence-electron chi connectivity index (χ3n) is 0.853. The van der Waals surface area contributed by atoms with Gasteiger partial charge in [0.15, 0.2) is 0 Å². The number of nitrogens with two attached hydrogens (primary N) is 1. The lowest BCUT2D eigenvalue weighted by Crippen LogP contribution is -2.18. The maximum Gasteiger partial charge on any atom is 0.285 e. The van der Waals surface area contributed by atoms with Gasteiger partial charge in [-0.1, -0.05) is 0 Å². The lowest BCUT2D eigenvalue weighted by atomic mass is 10.5. The van der Waals surface area contributed by atoms with Gasteiger partial charge in [-0.3, -0.25) is 9.79 Å². The average molecular weight is 163 g/mol. The van der Waals surface area contributed by atoms with E-state index in [4.69, 9.17) is 10.5 Å². The molecular weight excluding hydrogens is 156 g/mol. The Morgan fingerprint density at radius 1 is 1.80 bits per heavy atom. The van der Waals surface area contributed by atoms with Crippen LogP contribution in [0.2, 0.25) is 0 Å². The normalized spacial score (nSPS) is 14.6. The minimum Gasteiger partial charge on any atom is -0.481 e. The molecule has 5 heteroatoms. The number of amides is 1. The molecule has 2 N–H and O–H groups in total. The fourth-order valence-electron chi connectivity index (χ4n) is 0.462. The van der Waals surface area contributed by atoms with Crippen LogP contribution in [0.4, 0.5) is 0 Å². The highest BCUT2D eigenvalue weighted by molar-refractivity contribution is 5.90. The minimum absolute atomic E-state index is 0. The van der Waals surface area contributed by atoms with Crippen molar-refractivity contribution in [3.8, 4) is 0 Å². The van der Waals surface area contributed by atoms with E-state index in [0.29, 0.717) is 6.61 Å². The molecule has 0 aromatic rings. The van der Waals surface area contributed by atoms with Crippen LogP contribution in [-0.4, -0.2) is 18.7 Å². The highest BCUT2D eigenvalue weighted by atomic mass is 35.5. The molecule has 56 valence electrons. The van der Waals surface area contributed by atoms with E-state index in [1.807, 2.05) is 0 Å². The van der Waals surface area contributed by atoms with Gasteiger partial charge in [0.05, 0.1) is 6.20 Å². The number of hydrogen-bond donors (Lipinski definition) is 1. The van der Waals surface area contributed by atoms with Crippen LogP contribution in [0.15, 0.2) is 17.0 Å². The molecule has 1 rings (SSSR count). The summed E-state index contributed by atoms with van der Waals surface area (Å²) in [7, 11) is 0. The number of nitrogens with zero attached hydrogens (tertiary/aromatic N) is 1. The van der Waals surface area contributed by atoms with Gasteiger partial charge in [-0.05, 0) is 0 Å². The smallest absolute Gasteiger partial charge is 0.285 e. The molecule has 1 aliphatic rings. The van der Waals surface area contributed by atoms with E-state index in [1.54, 1.807) is 6.21 Å². The Morgan fingerprint density at radius 3 is 2.80 bits per heavy atom. The molecule has 0 bridgehead atoms. The zero-order valence-electron chi connectivity index (χ0n) is 5.11. The Kier molecular flexibility index (Phi) is 3.49. The second kappa shape index (κ2) is 3.90. The zero-order chi connectivity index (χ0) is 6.69. The predicted octanol–water partition coefficient (Wildman–Crippen LogP) is -0.164. The van der Waals surface area contributed by atoms with Gasteiger partial charge in [0.2, 0.25) is 5.76 Å². The summed E-state index contributed by atoms with van der Waals surface area (Å²) in [5.74, 6) is -0.454. The highest BCUT2D eigenvalue weighted by Crippen LogP contribution is 1.98. The van der Waals surface area contributed by atoms with Crippen LogP contribution in [0, 0.1) is 0 Å². The maximum absolute atomic E-state index is 10.3. The predicted molar refractivity (Wildman–Crippen MR) is 39.0 cm³/mol. The first kappa shape index (κ1) is 8.97. The van der Waals surface area contributed by atoms with Crippen molar-refractivity contribution in [1.82, 2.24) is 0 Å². The van der Waals surface area contributed by atoms with Gasteiger partial charge in [-0.15, -0.1) is 12.4 Å². The summed E-state index contributed by atoms with van der Waals surface area (Å²) < 4.78 is 4.78. The molecule has 0 radical (unpaired) electrons. The Bertz CT molecular complexity index is 188. The fraction of sp³-hybridized carbons (Fsp3) is 0.200. The number of hydrogen-bond acceptors (Lipinski definition) is 3. The van der Waals surface area contributed by atoms with Crippen molar-refractivity contribution in [3.63, 3.8) is 0 Å². The molecular formula is C5H7ClN2O2. The summed E-state index contributed by atoms with van der Waals surface area (Å²) >= 11 is 0. The topological polar surface area (TPSA) is 64.7 Å². The zero-order valence-corrected chi connectivity index (χ0v) is 5.93. The Balaban J connectivity index is 0.000000810. The van der Waals surface area contributed by atoms with E-state index >= 15 is 0 Å². The molecule has 0 aliphatic carbocycles. The summed E-state index contributed by atoms with van der Waals surface area (Å²) in [5.41, 5.74) is 4.86. The lowest BCUT2D eigenvalue weighted by Gasteiger charge is -2.05. The second-order valence-electron chi connectivity index (χ2n) is 1.50. The van der Waals surface area contributed by atoms with Crippen LogP contribution >= 0.6 is 12.4 Å². The standard InChI is InChI=1S/C5H6N2O2.ClH/c6-5(8)4-3-7-1-2-9-4;/h1,3H,2H2,(H2,6,8);1H. The number of rotatable bonds is 1. The molecule has 0 aromatic heterocycles. The first-order valence-corrected chi connectivity index (χ1v) is 2.45. The third kappa shape index (κ3) is 2.06. The average Bonchev–Trinajstić information content (AvgIpc) is 1.90. The van der Waals surface area contributed by atoms with E-state index in [9.17, 15) is 4.79 Å². The molecule has 10 heavy (non-hydrogen) atoms. The SMILES string of the molecule is Cl.NC(=O)C1=CN=CCO1. The molecule has 0 saturated heterocycles. The van der Waals surface area contributed by atoms with Gasteiger partial charge in [0.1, 0.15) is 6.61 Å². The van der Waals surface area contributed by atoms with Crippen LogP contribution < -0.4 is 5.73 Å². The molecule has 1 aliphatic heterocycles. The monoisotopic (exact) mass is 162 g/mol. The van der Waals surface area contributed by atoms with E-state index in [1.165, 1.54) is 6.20 Å². The summed E-state index contributed by atoms with van der Waals surface area (Å²) in [6, 6.07) is 0.